The maximum atomic E-state index is 12.6. The third-order valence-corrected chi connectivity index (χ3v) is 4.69. The molecule has 148 valence electrons. The fraction of sp³-hybridized carbons (Fsp3) is 0.143. The maximum absolute atomic E-state index is 12.6. The van der Waals surface area contributed by atoms with Gasteiger partial charge in [0, 0.05) is 29.9 Å². The molecule has 0 saturated carbocycles. The second-order valence-corrected chi connectivity index (χ2v) is 7.00. The number of nitrogens with zero attached hydrogens (tertiary/aromatic N) is 2. The van der Waals surface area contributed by atoms with Crippen molar-refractivity contribution in [3.05, 3.63) is 71.0 Å². The zero-order valence-electron chi connectivity index (χ0n) is 16.0. The Morgan fingerprint density at radius 3 is 2.21 bits per heavy atom. The lowest BCUT2D eigenvalue weighted by atomic mass is 10.1. The normalized spacial score (nSPS) is 10.4. The first kappa shape index (κ1) is 20.3. The Bertz CT molecular complexity index is 1080. The van der Waals surface area contributed by atoms with Gasteiger partial charge in [-0.25, -0.2) is 4.98 Å². The number of carbonyl (C=O) groups excluding carboxylic acids is 2. The fourth-order valence-corrected chi connectivity index (χ4v) is 3.29. The van der Waals surface area contributed by atoms with E-state index < -0.39 is 0 Å². The Balaban J connectivity index is 1.76. The van der Waals surface area contributed by atoms with E-state index in [1.54, 1.807) is 24.3 Å². The van der Waals surface area contributed by atoms with E-state index >= 15 is 0 Å². The lowest BCUT2D eigenvalue weighted by molar-refractivity contribution is -0.117. The van der Waals surface area contributed by atoms with Crippen molar-refractivity contribution in [3.63, 3.8) is 0 Å². The van der Waals surface area contributed by atoms with Crippen LogP contribution in [0.4, 0.5) is 11.4 Å². The summed E-state index contributed by atoms with van der Waals surface area (Å²) in [6, 6.07) is 17.6. The molecule has 0 fully saturated rings. The molecule has 0 atom stereocenters. The van der Waals surface area contributed by atoms with Crippen molar-refractivity contribution in [1.82, 2.24) is 9.55 Å². The van der Waals surface area contributed by atoms with Gasteiger partial charge in [0.2, 0.25) is 11.8 Å². The molecular weight excluding hydrogens is 388 g/mol. The van der Waals surface area contributed by atoms with Gasteiger partial charge in [-0.2, -0.15) is 0 Å². The number of carbonyl (C=O) groups is 2. The van der Waals surface area contributed by atoms with Crippen LogP contribution in [0.25, 0.3) is 11.3 Å². The molecule has 2 amide bonds. The molecule has 0 radical (unpaired) electrons. The SMILES string of the molecule is CSc1nc(-c2ccccc2)cc(=O)n1CC(=O)Nc1ccc(NC(C)=O)cc1. The van der Waals surface area contributed by atoms with Crippen molar-refractivity contribution < 1.29 is 9.59 Å². The standard InChI is InChI=1S/C21H20N4O3S/c1-14(26)22-16-8-10-17(11-9-16)23-19(27)13-25-20(28)12-18(24-21(25)29-2)15-6-4-3-5-7-15/h3-12H,13H2,1-2H3,(H,22,26)(H,23,27). The summed E-state index contributed by atoms with van der Waals surface area (Å²) in [5.74, 6) is -0.513. The van der Waals surface area contributed by atoms with Crippen LogP contribution < -0.4 is 16.2 Å². The quantitative estimate of drug-likeness (QED) is 0.483. The average Bonchev–Trinajstić information content (AvgIpc) is 2.71. The number of rotatable bonds is 6. The first-order valence-electron chi connectivity index (χ1n) is 8.85. The van der Waals surface area contributed by atoms with E-state index in [4.69, 9.17) is 0 Å². The van der Waals surface area contributed by atoms with E-state index in [2.05, 4.69) is 15.6 Å². The third-order valence-electron chi connectivity index (χ3n) is 4.02. The topological polar surface area (TPSA) is 93.1 Å². The minimum Gasteiger partial charge on any atom is -0.326 e. The number of nitrogens with one attached hydrogen (secondary N) is 2. The largest absolute Gasteiger partial charge is 0.326 e. The predicted octanol–water partition coefficient (Wildman–Crippen LogP) is 3.23. The highest BCUT2D eigenvalue weighted by Crippen LogP contribution is 2.19. The fourth-order valence-electron chi connectivity index (χ4n) is 2.73. The summed E-state index contributed by atoms with van der Waals surface area (Å²) in [7, 11) is 0. The number of thioether (sulfide) groups is 1. The van der Waals surface area contributed by atoms with Gasteiger partial charge in [-0.3, -0.25) is 19.0 Å². The van der Waals surface area contributed by atoms with Gasteiger partial charge < -0.3 is 10.6 Å². The van der Waals surface area contributed by atoms with Crippen molar-refractivity contribution in [2.75, 3.05) is 16.9 Å². The number of amides is 2. The first-order valence-corrected chi connectivity index (χ1v) is 10.1. The lowest BCUT2D eigenvalue weighted by Gasteiger charge is -2.12. The second kappa shape index (κ2) is 9.20. The smallest absolute Gasteiger partial charge is 0.255 e. The van der Waals surface area contributed by atoms with Crippen molar-refractivity contribution in [2.24, 2.45) is 0 Å². The van der Waals surface area contributed by atoms with Gasteiger partial charge in [0.15, 0.2) is 5.16 Å². The Hall–Kier alpha value is -3.39. The zero-order chi connectivity index (χ0) is 20.8. The Morgan fingerprint density at radius 2 is 1.62 bits per heavy atom. The van der Waals surface area contributed by atoms with Gasteiger partial charge >= 0.3 is 0 Å². The monoisotopic (exact) mass is 408 g/mol. The zero-order valence-corrected chi connectivity index (χ0v) is 16.8. The molecule has 1 heterocycles. The molecule has 8 heteroatoms. The summed E-state index contributed by atoms with van der Waals surface area (Å²) < 4.78 is 1.35. The summed E-state index contributed by atoms with van der Waals surface area (Å²) in [4.78, 5) is 40.7. The molecule has 2 aromatic carbocycles. The van der Waals surface area contributed by atoms with Crippen LogP contribution in [0.15, 0.2) is 70.6 Å². The minimum absolute atomic E-state index is 0.148. The van der Waals surface area contributed by atoms with Crippen molar-refractivity contribution in [1.29, 1.82) is 0 Å². The summed E-state index contributed by atoms with van der Waals surface area (Å²) in [6.07, 6.45) is 1.81. The maximum Gasteiger partial charge on any atom is 0.255 e. The molecule has 0 aliphatic carbocycles. The van der Waals surface area contributed by atoms with Gasteiger partial charge in [0.1, 0.15) is 6.54 Å². The van der Waals surface area contributed by atoms with E-state index in [9.17, 15) is 14.4 Å². The summed E-state index contributed by atoms with van der Waals surface area (Å²) in [5, 5.41) is 5.87. The Morgan fingerprint density at radius 1 is 1.00 bits per heavy atom. The molecule has 3 aromatic rings. The molecule has 29 heavy (non-hydrogen) atoms. The van der Waals surface area contributed by atoms with Gasteiger partial charge in [-0.05, 0) is 30.5 Å². The summed E-state index contributed by atoms with van der Waals surface area (Å²) >= 11 is 1.31. The molecule has 0 aliphatic heterocycles. The third kappa shape index (κ3) is 5.32. The number of hydrogen-bond acceptors (Lipinski definition) is 5. The molecule has 0 bridgehead atoms. The molecule has 0 unspecified atom stereocenters. The molecule has 1 aromatic heterocycles. The molecule has 0 saturated heterocycles. The van der Waals surface area contributed by atoms with Gasteiger partial charge in [-0.15, -0.1) is 0 Å². The number of aromatic nitrogens is 2. The van der Waals surface area contributed by atoms with Crippen LogP contribution in [0.1, 0.15) is 6.92 Å². The van der Waals surface area contributed by atoms with Crippen LogP contribution in [-0.2, 0) is 16.1 Å². The predicted molar refractivity (Wildman–Crippen MR) is 115 cm³/mol. The van der Waals surface area contributed by atoms with E-state index in [-0.39, 0.29) is 23.9 Å². The molecule has 0 spiro atoms. The van der Waals surface area contributed by atoms with Crippen LogP contribution in [0.2, 0.25) is 0 Å². The van der Waals surface area contributed by atoms with Gasteiger partial charge in [-0.1, -0.05) is 42.1 Å². The number of anilines is 2. The van der Waals surface area contributed by atoms with Crippen LogP contribution in [0, 0.1) is 0 Å². The van der Waals surface area contributed by atoms with Gasteiger partial charge in [0.25, 0.3) is 5.56 Å². The molecule has 7 nitrogen and oxygen atoms in total. The van der Waals surface area contributed by atoms with Crippen LogP contribution in [0.5, 0.6) is 0 Å². The van der Waals surface area contributed by atoms with Crippen LogP contribution in [-0.4, -0.2) is 27.6 Å². The number of hydrogen-bond donors (Lipinski definition) is 2. The van der Waals surface area contributed by atoms with Crippen molar-refractivity contribution in [2.45, 2.75) is 18.6 Å². The molecule has 0 aliphatic rings. The lowest BCUT2D eigenvalue weighted by Crippen LogP contribution is -2.29. The Labute approximate surface area is 172 Å². The highest BCUT2D eigenvalue weighted by Gasteiger charge is 2.13. The van der Waals surface area contributed by atoms with E-state index in [0.29, 0.717) is 22.2 Å². The molecular formula is C21H20N4O3S. The van der Waals surface area contributed by atoms with Gasteiger partial charge in [0.05, 0.1) is 5.69 Å². The second-order valence-electron chi connectivity index (χ2n) is 6.23. The minimum atomic E-state index is -0.344. The molecule has 2 N–H and O–H groups in total. The summed E-state index contributed by atoms with van der Waals surface area (Å²) in [6.45, 7) is 1.28. The van der Waals surface area contributed by atoms with Crippen molar-refractivity contribution >= 4 is 35.0 Å². The van der Waals surface area contributed by atoms with Crippen molar-refractivity contribution in [3.8, 4) is 11.3 Å². The summed E-state index contributed by atoms with van der Waals surface area (Å²) in [5.41, 5.74) is 2.33. The average molecular weight is 408 g/mol. The van der Waals surface area contributed by atoms with Crippen LogP contribution >= 0.6 is 11.8 Å². The highest BCUT2D eigenvalue weighted by molar-refractivity contribution is 7.98. The van der Waals surface area contributed by atoms with E-state index in [1.807, 2.05) is 36.6 Å². The Kier molecular flexibility index (Phi) is 6.46. The van der Waals surface area contributed by atoms with E-state index in [0.717, 1.165) is 5.56 Å². The molecule has 3 rings (SSSR count). The first-order chi connectivity index (χ1) is 14.0. The van der Waals surface area contributed by atoms with Crippen LogP contribution in [0.3, 0.4) is 0 Å². The van der Waals surface area contributed by atoms with E-state index in [1.165, 1.54) is 29.3 Å². The number of benzene rings is 2. The highest BCUT2D eigenvalue weighted by atomic mass is 32.2.